The van der Waals surface area contributed by atoms with Crippen molar-refractivity contribution in [2.24, 2.45) is 0 Å². The number of rotatable bonds is 0. The molecule has 0 aliphatic heterocycles. The first-order valence-corrected chi connectivity index (χ1v) is 4.34. The van der Waals surface area contributed by atoms with Gasteiger partial charge in [-0.1, -0.05) is 48.6 Å². The van der Waals surface area contributed by atoms with E-state index in [1.54, 1.807) is 0 Å². The van der Waals surface area contributed by atoms with Gasteiger partial charge in [0, 0.05) is 0 Å². The van der Waals surface area contributed by atoms with Crippen LogP contribution in [0.2, 0.25) is 0 Å². The minimum absolute atomic E-state index is 1.05. The van der Waals surface area contributed by atoms with E-state index in [0.29, 0.717) is 0 Å². The topological polar surface area (TPSA) is 0 Å². The molecule has 0 nitrogen and oxygen atoms in total. The second-order valence-electron chi connectivity index (χ2n) is 3.09. The molecule has 0 spiro atoms. The molecule has 12 heavy (non-hydrogen) atoms. The quantitative estimate of drug-likeness (QED) is 0.504. The molecule has 0 aromatic heterocycles. The summed E-state index contributed by atoms with van der Waals surface area (Å²) in [6.07, 6.45) is 19.5. The van der Waals surface area contributed by atoms with Gasteiger partial charge in [-0.2, -0.15) is 0 Å². The molecule has 0 radical (unpaired) electrons. The van der Waals surface area contributed by atoms with Gasteiger partial charge in [-0.15, -0.1) is 0 Å². The van der Waals surface area contributed by atoms with Gasteiger partial charge >= 0.3 is 0 Å². The molecular formula is C12H12. The predicted octanol–water partition coefficient (Wildman–Crippen LogP) is 3.32. The Balaban J connectivity index is 2.38. The average Bonchev–Trinajstić information content (AvgIpc) is 2.25. The maximum absolute atomic E-state index is 2.22. The van der Waals surface area contributed by atoms with Crippen LogP contribution >= 0.6 is 0 Å². The van der Waals surface area contributed by atoms with E-state index >= 15 is 0 Å². The lowest BCUT2D eigenvalue weighted by molar-refractivity contribution is 1.18. The van der Waals surface area contributed by atoms with E-state index in [0.717, 1.165) is 12.8 Å². The molecule has 0 aromatic rings. The van der Waals surface area contributed by atoms with Crippen LogP contribution in [0.25, 0.3) is 0 Å². The van der Waals surface area contributed by atoms with E-state index in [1.165, 1.54) is 11.1 Å². The van der Waals surface area contributed by atoms with Gasteiger partial charge in [0.25, 0.3) is 0 Å². The minimum atomic E-state index is 1.05. The lowest BCUT2D eigenvalue weighted by Gasteiger charge is -2.03. The third kappa shape index (κ3) is 1.65. The highest BCUT2D eigenvalue weighted by atomic mass is 14.0. The third-order valence-electron chi connectivity index (χ3n) is 2.08. The first-order valence-electron chi connectivity index (χ1n) is 4.34. The molecule has 0 aromatic carbocycles. The van der Waals surface area contributed by atoms with E-state index in [9.17, 15) is 0 Å². The van der Waals surface area contributed by atoms with Crippen molar-refractivity contribution in [2.75, 3.05) is 0 Å². The van der Waals surface area contributed by atoms with Crippen molar-refractivity contribution >= 4 is 0 Å². The number of hydrogen-bond acceptors (Lipinski definition) is 0. The molecular weight excluding hydrogens is 144 g/mol. The van der Waals surface area contributed by atoms with Crippen molar-refractivity contribution in [3.05, 3.63) is 59.8 Å². The molecule has 2 aliphatic carbocycles. The Morgan fingerprint density at radius 2 is 1.42 bits per heavy atom. The van der Waals surface area contributed by atoms with Gasteiger partial charge in [-0.05, 0) is 24.0 Å². The third-order valence-corrected chi connectivity index (χ3v) is 2.08. The van der Waals surface area contributed by atoms with E-state index in [4.69, 9.17) is 0 Å². The molecule has 0 atom stereocenters. The lowest BCUT2D eigenvalue weighted by Crippen LogP contribution is -1.84. The van der Waals surface area contributed by atoms with Crippen LogP contribution in [-0.2, 0) is 0 Å². The van der Waals surface area contributed by atoms with Crippen LogP contribution in [0.5, 0.6) is 0 Å². The van der Waals surface area contributed by atoms with Crippen LogP contribution in [0.4, 0.5) is 0 Å². The largest absolute Gasteiger partial charge is 0.0805 e. The number of allylic oxidation sites excluding steroid dienone is 10. The highest BCUT2D eigenvalue weighted by Crippen LogP contribution is 2.19. The molecule has 2 aliphatic rings. The molecule has 0 fully saturated rings. The van der Waals surface area contributed by atoms with Crippen molar-refractivity contribution in [3.63, 3.8) is 0 Å². The zero-order chi connectivity index (χ0) is 8.23. The van der Waals surface area contributed by atoms with Crippen molar-refractivity contribution in [1.82, 2.24) is 0 Å². The number of fused-ring (bicyclic) bond motifs is 2. The smallest absolute Gasteiger partial charge is 0.00260 e. The van der Waals surface area contributed by atoms with Gasteiger partial charge < -0.3 is 0 Å². The van der Waals surface area contributed by atoms with Gasteiger partial charge in [0.1, 0.15) is 0 Å². The van der Waals surface area contributed by atoms with Crippen LogP contribution in [0.1, 0.15) is 12.8 Å². The summed E-state index contributed by atoms with van der Waals surface area (Å²) in [6, 6.07) is 0. The first-order chi connectivity index (χ1) is 5.95. The maximum Gasteiger partial charge on any atom is -0.00260 e. The van der Waals surface area contributed by atoms with Crippen LogP contribution in [0.15, 0.2) is 59.8 Å². The van der Waals surface area contributed by atoms with Gasteiger partial charge in [0.2, 0.25) is 0 Å². The van der Waals surface area contributed by atoms with Gasteiger partial charge in [-0.25, -0.2) is 0 Å². The van der Waals surface area contributed by atoms with Crippen LogP contribution in [0.3, 0.4) is 0 Å². The molecule has 2 rings (SSSR count). The van der Waals surface area contributed by atoms with Crippen LogP contribution in [0, 0.1) is 0 Å². The Kier molecular flexibility index (Phi) is 2.08. The van der Waals surface area contributed by atoms with Gasteiger partial charge in [-0.3, -0.25) is 0 Å². The minimum Gasteiger partial charge on any atom is -0.0805 e. The standard InChI is InChI=1S/C12H12/c1-2-6-11-8-4-5-9-12(10-11)7-3-1/h2-9H,1,10H2/b6-2-,7-3+. The van der Waals surface area contributed by atoms with Crippen molar-refractivity contribution < 1.29 is 0 Å². The molecule has 0 saturated heterocycles. The molecule has 0 heteroatoms. The van der Waals surface area contributed by atoms with Gasteiger partial charge in [0.05, 0.1) is 0 Å². The summed E-state index contributed by atoms with van der Waals surface area (Å²) in [5, 5.41) is 0. The fraction of sp³-hybridized carbons (Fsp3) is 0.167. The van der Waals surface area contributed by atoms with E-state index < -0.39 is 0 Å². The van der Waals surface area contributed by atoms with Crippen LogP contribution in [-0.4, -0.2) is 0 Å². The highest BCUT2D eigenvalue weighted by molar-refractivity contribution is 5.39. The fourth-order valence-electron chi connectivity index (χ4n) is 1.46. The van der Waals surface area contributed by atoms with Crippen molar-refractivity contribution in [1.29, 1.82) is 0 Å². The van der Waals surface area contributed by atoms with Crippen molar-refractivity contribution in [2.45, 2.75) is 12.8 Å². The molecule has 0 heterocycles. The first kappa shape index (κ1) is 7.35. The summed E-state index contributed by atoms with van der Waals surface area (Å²) in [7, 11) is 0. The summed E-state index contributed by atoms with van der Waals surface area (Å²) >= 11 is 0. The monoisotopic (exact) mass is 156 g/mol. The molecule has 2 bridgehead atoms. The van der Waals surface area contributed by atoms with E-state index in [-0.39, 0.29) is 0 Å². The molecule has 0 unspecified atom stereocenters. The lowest BCUT2D eigenvalue weighted by atomic mass is 10.0. The normalized spacial score (nSPS) is 26.0. The summed E-state index contributed by atoms with van der Waals surface area (Å²) < 4.78 is 0. The van der Waals surface area contributed by atoms with E-state index in [1.807, 2.05) is 0 Å². The molecule has 0 saturated carbocycles. The summed E-state index contributed by atoms with van der Waals surface area (Å²) in [5.74, 6) is 0. The fourth-order valence-corrected chi connectivity index (χ4v) is 1.46. The Bertz CT molecular complexity index is 279. The van der Waals surface area contributed by atoms with Gasteiger partial charge in [0.15, 0.2) is 0 Å². The second-order valence-corrected chi connectivity index (χ2v) is 3.09. The zero-order valence-corrected chi connectivity index (χ0v) is 7.03. The predicted molar refractivity (Wildman–Crippen MR) is 52.8 cm³/mol. The Morgan fingerprint density at radius 3 is 2.00 bits per heavy atom. The summed E-state index contributed by atoms with van der Waals surface area (Å²) in [4.78, 5) is 0. The molecule has 0 N–H and O–H groups in total. The maximum atomic E-state index is 2.22. The average molecular weight is 156 g/mol. The Hall–Kier alpha value is -1.30. The molecule has 60 valence electrons. The summed E-state index contributed by atoms with van der Waals surface area (Å²) in [6.45, 7) is 0. The zero-order valence-electron chi connectivity index (χ0n) is 7.03. The summed E-state index contributed by atoms with van der Waals surface area (Å²) in [5.41, 5.74) is 2.80. The Morgan fingerprint density at radius 1 is 0.833 bits per heavy atom. The SMILES string of the molecule is C1=CC=C2/C=C/C/C=C\C(=C1)C2. The van der Waals surface area contributed by atoms with Crippen molar-refractivity contribution in [3.8, 4) is 0 Å². The van der Waals surface area contributed by atoms with E-state index in [2.05, 4.69) is 48.6 Å². The number of hydrogen-bond donors (Lipinski definition) is 0. The second kappa shape index (κ2) is 3.40. The van der Waals surface area contributed by atoms with Crippen LogP contribution < -0.4 is 0 Å². The highest BCUT2D eigenvalue weighted by Gasteiger charge is 1.99. The molecule has 0 amide bonds. The Labute approximate surface area is 73.3 Å².